The Hall–Kier alpha value is -0.610. The van der Waals surface area contributed by atoms with Crippen molar-refractivity contribution in [2.45, 2.75) is 65.6 Å². The minimum atomic E-state index is -0.00261. The molecule has 1 aliphatic carbocycles. The average molecular weight is 296 g/mol. The summed E-state index contributed by atoms with van der Waals surface area (Å²) in [6.45, 7) is 11.0. The third-order valence-electron chi connectivity index (χ3n) is 4.28. The van der Waals surface area contributed by atoms with Crippen molar-refractivity contribution in [1.29, 1.82) is 0 Å². The Bertz CT molecular complexity index is 340. The molecule has 0 bridgehead atoms. The molecule has 0 aromatic carbocycles. The van der Waals surface area contributed by atoms with Gasteiger partial charge in [-0.25, -0.2) is 0 Å². The molecule has 1 amide bonds. The van der Waals surface area contributed by atoms with Gasteiger partial charge in [0.25, 0.3) is 0 Å². The summed E-state index contributed by atoms with van der Waals surface area (Å²) in [5, 5.41) is 3.54. The van der Waals surface area contributed by atoms with Crippen molar-refractivity contribution in [1.82, 2.24) is 10.2 Å². The maximum absolute atomic E-state index is 12.6. The van der Waals surface area contributed by atoms with Gasteiger partial charge in [0.1, 0.15) is 0 Å². The van der Waals surface area contributed by atoms with Crippen LogP contribution in [0.5, 0.6) is 0 Å². The molecule has 2 fully saturated rings. The second-order valence-electron chi connectivity index (χ2n) is 7.54. The maximum atomic E-state index is 12.6. The van der Waals surface area contributed by atoms with E-state index in [2.05, 4.69) is 33.0 Å². The summed E-state index contributed by atoms with van der Waals surface area (Å²) in [7, 11) is 0. The van der Waals surface area contributed by atoms with Gasteiger partial charge in [0.2, 0.25) is 5.91 Å². The molecule has 0 aromatic heterocycles. The molecule has 1 aliphatic heterocycles. The first-order valence-electron chi connectivity index (χ1n) is 8.61. The Kier molecular flexibility index (Phi) is 6.06. The van der Waals surface area contributed by atoms with Crippen molar-refractivity contribution < 1.29 is 9.53 Å². The molecule has 1 N–H and O–H groups in total. The van der Waals surface area contributed by atoms with E-state index in [1.165, 1.54) is 12.8 Å². The number of rotatable bonds is 9. The molecule has 122 valence electrons. The van der Waals surface area contributed by atoms with E-state index in [0.29, 0.717) is 18.4 Å². The summed E-state index contributed by atoms with van der Waals surface area (Å²) in [6, 6.07) is -0.00261. The van der Waals surface area contributed by atoms with Crippen molar-refractivity contribution in [2.24, 2.45) is 17.8 Å². The first-order valence-corrected chi connectivity index (χ1v) is 8.61. The summed E-state index contributed by atoms with van der Waals surface area (Å²) in [4.78, 5) is 14.6. The SMILES string of the molecule is CC(C)CC1NC(CC(C)C)N(CCOCC2CC2)C1=O. The van der Waals surface area contributed by atoms with Crippen LogP contribution in [-0.2, 0) is 9.53 Å². The summed E-state index contributed by atoms with van der Waals surface area (Å²) >= 11 is 0. The van der Waals surface area contributed by atoms with Crippen LogP contribution in [0.2, 0.25) is 0 Å². The number of carbonyl (C=O) groups excluding carboxylic acids is 1. The fourth-order valence-corrected chi connectivity index (χ4v) is 2.99. The van der Waals surface area contributed by atoms with E-state index in [-0.39, 0.29) is 18.1 Å². The summed E-state index contributed by atoms with van der Waals surface area (Å²) in [5.74, 6) is 2.18. The predicted molar refractivity (Wildman–Crippen MR) is 84.9 cm³/mol. The molecule has 2 rings (SSSR count). The first kappa shape index (κ1) is 16.8. The molecule has 4 heteroatoms. The number of ether oxygens (including phenoxy) is 1. The standard InChI is InChI=1S/C17H32N2O2/c1-12(2)9-15-17(20)19(16(18-15)10-13(3)4)7-8-21-11-14-5-6-14/h12-16,18H,5-11H2,1-4H3. The zero-order chi connectivity index (χ0) is 15.4. The van der Waals surface area contributed by atoms with Crippen molar-refractivity contribution in [3.8, 4) is 0 Å². The van der Waals surface area contributed by atoms with E-state index in [0.717, 1.165) is 31.9 Å². The van der Waals surface area contributed by atoms with Crippen LogP contribution in [0.3, 0.4) is 0 Å². The van der Waals surface area contributed by atoms with Gasteiger partial charge in [-0.2, -0.15) is 0 Å². The molecular weight excluding hydrogens is 264 g/mol. The van der Waals surface area contributed by atoms with Crippen LogP contribution in [0.4, 0.5) is 0 Å². The number of carbonyl (C=O) groups is 1. The largest absolute Gasteiger partial charge is 0.379 e. The van der Waals surface area contributed by atoms with E-state index in [9.17, 15) is 4.79 Å². The first-order chi connectivity index (χ1) is 9.97. The Morgan fingerprint density at radius 1 is 1.19 bits per heavy atom. The average Bonchev–Trinajstić information content (AvgIpc) is 3.15. The van der Waals surface area contributed by atoms with Crippen molar-refractivity contribution >= 4 is 5.91 Å². The summed E-state index contributed by atoms with van der Waals surface area (Å²) in [6.07, 6.45) is 4.76. The van der Waals surface area contributed by atoms with Gasteiger partial charge < -0.3 is 9.64 Å². The van der Waals surface area contributed by atoms with Gasteiger partial charge in [0.15, 0.2) is 0 Å². The van der Waals surface area contributed by atoms with E-state index < -0.39 is 0 Å². The number of hydrogen-bond donors (Lipinski definition) is 1. The van der Waals surface area contributed by atoms with Crippen LogP contribution >= 0.6 is 0 Å². The zero-order valence-electron chi connectivity index (χ0n) is 14.1. The molecule has 0 spiro atoms. The van der Waals surface area contributed by atoms with Gasteiger partial charge in [-0.3, -0.25) is 10.1 Å². The lowest BCUT2D eigenvalue weighted by molar-refractivity contribution is -0.131. The normalized spacial score (nSPS) is 26.4. The fourth-order valence-electron chi connectivity index (χ4n) is 2.99. The predicted octanol–water partition coefficient (Wildman–Crippen LogP) is 2.63. The lowest BCUT2D eigenvalue weighted by atomic mass is 10.0. The topological polar surface area (TPSA) is 41.6 Å². The molecule has 4 nitrogen and oxygen atoms in total. The minimum Gasteiger partial charge on any atom is -0.379 e. The number of nitrogens with zero attached hydrogens (tertiary/aromatic N) is 1. The Labute approximate surface area is 129 Å². The molecule has 2 aliphatic rings. The lowest BCUT2D eigenvalue weighted by Gasteiger charge is -2.25. The molecule has 2 unspecified atom stereocenters. The highest BCUT2D eigenvalue weighted by Gasteiger charge is 2.38. The van der Waals surface area contributed by atoms with Crippen LogP contribution in [-0.4, -0.2) is 42.8 Å². The summed E-state index contributed by atoms with van der Waals surface area (Å²) < 4.78 is 5.72. The van der Waals surface area contributed by atoms with E-state index in [4.69, 9.17) is 4.74 Å². The van der Waals surface area contributed by atoms with Crippen LogP contribution in [0.1, 0.15) is 53.4 Å². The third kappa shape index (κ3) is 5.26. The van der Waals surface area contributed by atoms with Crippen molar-refractivity contribution in [3.05, 3.63) is 0 Å². The van der Waals surface area contributed by atoms with Gasteiger partial charge in [-0.05, 0) is 43.4 Å². The van der Waals surface area contributed by atoms with Crippen LogP contribution in [0.25, 0.3) is 0 Å². The van der Waals surface area contributed by atoms with Crippen LogP contribution in [0, 0.1) is 17.8 Å². The summed E-state index contributed by atoms with van der Waals surface area (Å²) in [5.41, 5.74) is 0. The molecule has 2 atom stereocenters. The molecule has 0 aromatic rings. The second kappa shape index (κ2) is 7.59. The van der Waals surface area contributed by atoms with Gasteiger partial charge in [-0.1, -0.05) is 27.7 Å². The van der Waals surface area contributed by atoms with Gasteiger partial charge in [0.05, 0.1) is 18.8 Å². The fraction of sp³-hybridized carbons (Fsp3) is 0.941. The van der Waals surface area contributed by atoms with Gasteiger partial charge in [-0.15, -0.1) is 0 Å². The van der Waals surface area contributed by atoms with Crippen LogP contribution < -0.4 is 5.32 Å². The molecule has 1 saturated carbocycles. The third-order valence-corrected chi connectivity index (χ3v) is 4.28. The van der Waals surface area contributed by atoms with E-state index in [1.54, 1.807) is 0 Å². The van der Waals surface area contributed by atoms with E-state index in [1.807, 2.05) is 4.90 Å². The number of amides is 1. The van der Waals surface area contributed by atoms with E-state index >= 15 is 0 Å². The second-order valence-corrected chi connectivity index (χ2v) is 7.54. The minimum absolute atomic E-state index is 0.00261. The number of nitrogens with one attached hydrogen (secondary N) is 1. The highest BCUT2D eigenvalue weighted by molar-refractivity contribution is 5.84. The number of hydrogen-bond acceptors (Lipinski definition) is 3. The Morgan fingerprint density at radius 2 is 1.86 bits per heavy atom. The molecule has 1 heterocycles. The molecular formula is C17H32N2O2. The molecule has 0 radical (unpaired) electrons. The quantitative estimate of drug-likeness (QED) is 0.665. The highest BCUT2D eigenvalue weighted by Crippen LogP contribution is 2.28. The Balaban J connectivity index is 1.84. The monoisotopic (exact) mass is 296 g/mol. The van der Waals surface area contributed by atoms with Gasteiger partial charge >= 0.3 is 0 Å². The van der Waals surface area contributed by atoms with Crippen molar-refractivity contribution in [3.63, 3.8) is 0 Å². The Morgan fingerprint density at radius 3 is 2.43 bits per heavy atom. The van der Waals surface area contributed by atoms with Crippen molar-refractivity contribution in [2.75, 3.05) is 19.8 Å². The van der Waals surface area contributed by atoms with Gasteiger partial charge in [0, 0.05) is 13.2 Å². The highest BCUT2D eigenvalue weighted by atomic mass is 16.5. The maximum Gasteiger partial charge on any atom is 0.241 e. The molecule has 1 saturated heterocycles. The molecule has 21 heavy (non-hydrogen) atoms. The lowest BCUT2D eigenvalue weighted by Crippen LogP contribution is -2.40. The van der Waals surface area contributed by atoms with Crippen LogP contribution in [0.15, 0.2) is 0 Å². The zero-order valence-corrected chi connectivity index (χ0v) is 14.1. The smallest absolute Gasteiger partial charge is 0.241 e.